The van der Waals surface area contributed by atoms with Crippen LogP contribution in [-0.4, -0.2) is 52.1 Å². The first kappa shape index (κ1) is 14.0. The van der Waals surface area contributed by atoms with Gasteiger partial charge in [-0.2, -0.15) is 11.8 Å². The molecule has 0 spiro atoms. The van der Waals surface area contributed by atoms with Crippen LogP contribution in [0.3, 0.4) is 0 Å². The third-order valence-electron chi connectivity index (χ3n) is 4.95. The zero-order chi connectivity index (χ0) is 14.1. The van der Waals surface area contributed by atoms with Gasteiger partial charge in [-0.05, 0) is 31.1 Å². The van der Waals surface area contributed by atoms with Crippen molar-refractivity contribution in [2.75, 3.05) is 18.1 Å². The number of nitrogens with one attached hydrogen (secondary N) is 1. The molecular weight excluding hydrogens is 276 g/mol. The lowest BCUT2D eigenvalue weighted by Crippen LogP contribution is -2.54. The molecule has 20 heavy (non-hydrogen) atoms. The highest BCUT2D eigenvalue weighted by Gasteiger charge is 2.41. The second kappa shape index (κ2) is 5.84. The molecule has 2 N–H and O–H groups in total. The Morgan fingerprint density at radius 2 is 2.15 bits per heavy atom. The number of carbonyl (C=O) groups is 2. The van der Waals surface area contributed by atoms with Crippen molar-refractivity contribution >= 4 is 23.8 Å². The molecule has 4 unspecified atom stereocenters. The summed E-state index contributed by atoms with van der Waals surface area (Å²) in [4.78, 5) is 25.1. The lowest BCUT2D eigenvalue weighted by Gasteiger charge is -2.36. The maximum Gasteiger partial charge on any atom is 0.317 e. The highest BCUT2D eigenvalue weighted by molar-refractivity contribution is 7.99. The largest absolute Gasteiger partial charge is 0.481 e. The Morgan fingerprint density at radius 3 is 2.80 bits per heavy atom. The highest BCUT2D eigenvalue weighted by Crippen LogP contribution is 2.44. The quantitative estimate of drug-likeness (QED) is 0.833. The average molecular weight is 298 g/mol. The summed E-state index contributed by atoms with van der Waals surface area (Å²) >= 11 is 1.74. The molecule has 112 valence electrons. The van der Waals surface area contributed by atoms with Gasteiger partial charge in [-0.25, -0.2) is 4.79 Å². The molecule has 2 bridgehead atoms. The van der Waals surface area contributed by atoms with Gasteiger partial charge in [0.1, 0.15) is 0 Å². The number of carbonyl (C=O) groups excluding carboxylic acids is 1. The van der Waals surface area contributed by atoms with Crippen LogP contribution in [0.25, 0.3) is 0 Å². The first-order valence-electron chi connectivity index (χ1n) is 7.50. The summed E-state index contributed by atoms with van der Waals surface area (Å²) in [5.41, 5.74) is 0. The lowest BCUT2D eigenvalue weighted by atomic mass is 9.95. The molecule has 6 heteroatoms. The topological polar surface area (TPSA) is 69.6 Å². The van der Waals surface area contributed by atoms with Crippen molar-refractivity contribution in [3.8, 4) is 0 Å². The van der Waals surface area contributed by atoms with Crippen LogP contribution in [0.1, 0.15) is 32.1 Å². The molecule has 0 aromatic carbocycles. The smallest absolute Gasteiger partial charge is 0.317 e. The normalized spacial score (nSPS) is 36.1. The molecule has 5 nitrogen and oxygen atoms in total. The average Bonchev–Trinajstić information content (AvgIpc) is 3.00. The fourth-order valence-corrected chi connectivity index (χ4v) is 5.02. The van der Waals surface area contributed by atoms with Crippen LogP contribution >= 0.6 is 11.8 Å². The van der Waals surface area contributed by atoms with E-state index in [0.717, 1.165) is 23.8 Å². The Kier molecular flexibility index (Phi) is 4.10. The van der Waals surface area contributed by atoms with Crippen LogP contribution in [0.5, 0.6) is 0 Å². The fourth-order valence-electron chi connectivity index (χ4n) is 3.96. The minimum absolute atomic E-state index is 0.0471. The predicted octanol–water partition coefficient (Wildman–Crippen LogP) is 1.78. The number of hydrogen-bond acceptors (Lipinski definition) is 3. The van der Waals surface area contributed by atoms with Gasteiger partial charge in [0.15, 0.2) is 0 Å². The van der Waals surface area contributed by atoms with Gasteiger partial charge in [-0.15, -0.1) is 0 Å². The number of amides is 2. The van der Waals surface area contributed by atoms with Gasteiger partial charge in [0.05, 0.1) is 12.5 Å². The van der Waals surface area contributed by atoms with Gasteiger partial charge in [0.25, 0.3) is 0 Å². The number of carboxylic acid groups (broad SMARTS) is 1. The minimum Gasteiger partial charge on any atom is -0.481 e. The molecule has 1 heterocycles. The number of rotatable bonds is 3. The summed E-state index contributed by atoms with van der Waals surface area (Å²) < 4.78 is 0. The van der Waals surface area contributed by atoms with E-state index >= 15 is 0 Å². The number of thioether (sulfide) groups is 1. The van der Waals surface area contributed by atoms with Gasteiger partial charge < -0.3 is 15.3 Å². The number of urea groups is 1. The van der Waals surface area contributed by atoms with Crippen molar-refractivity contribution in [2.24, 2.45) is 11.8 Å². The van der Waals surface area contributed by atoms with Crippen LogP contribution in [0, 0.1) is 11.8 Å². The first-order chi connectivity index (χ1) is 9.63. The zero-order valence-corrected chi connectivity index (χ0v) is 12.4. The minimum atomic E-state index is -0.824. The molecule has 0 aromatic heterocycles. The molecule has 3 fully saturated rings. The number of carboxylic acids is 1. The summed E-state index contributed by atoms with van der Waals surface area (Å²) in [7, 11) is 0. The van der Waals surface area contributed by atoms with Crippen molar-refractivity contribution in [2.45, 2.75) is 44.2 Å². The van der Waals surface area contributed by atoms with E-state index in [4.69, 9.17) is 5.11 Å². The number of fused-ring (bicyclic) bond motifs is 2. The second-order valence-corrected chi connectivity index (χ2v) is 7.40. The Morgan fingerprint density at radius 1 is 1.30 bits per heavy atom. The Labute approximate surface area is 123 Å². The molecule has 1 saturated heterocycles. The molecule has 1 aliphatic heterocycles. The van der Waals surface area contributed by atoms with Crippen molar-refractivity contribution in [1.82, 2.24) is 10.2 Å². The molecule has 4 atom stereocenters. The summed E-state index contributed by atoms with van der Waals surface area (Å²) in [5.74, 6) is 2.27. The van der Waals surface area contributed by atoms with Crippen molar-refractivity contribution in [1.29, 1.82) is 0 Å². The highest BCUT2D eigenvalue weighted by atomic mass is 32.2. The van der Waals surface area contributed by atoms with E-state index in [1.807, 2.05) is 0 Å². The summed E-state index contributed by atoms with van der Waals surface area (Å²) in [5, 5.41) is 12.1. The summed E-state index contributed by atoms with van der Waals surface area (Å²) in [6.07, 6.45) is 4.99. The number of hydrogen-bond donors (Lipinski definition) is 2. The maximum atomic E-state index is 12.4. The molecule has 0 radical (unpaired) electrons. The van der Waals surface area contributed by atoms with Gasteiger partial charge >= 0.3 is 12.0 Å². The van der Waals surface area contributed by atoms with Crippen LogP contribution in [0.4, 0.5) is 4.79 Å². The van der Waals surface area contributed by atoms with Gasteiger partial charge in [0, 0.05) is 24.1 Å². The van der Waals surface area contributed by atoms with E-state index in [1.165, 1.54) is 19.3 Å². The Balaban J connectivity index is 1.58. The molecule has 3 aliphatic rings. The SMILES string of the molecule is O=C(O)CC1CSCCN1C(=O)NC1CC2CCC1C2. The molecule has 2 amide bonds. The molecule has 2 aliphatic carbocycles. The summed E-state index contributed by atoms with van der Waals surface area (Å²) in [6, 6.07) is 0.111. The number of aliphatic carboxylic acids is 1. The van der Waals surface area contributed by atoms with E-state index < -0.39 is 5.97 Å². The van der Waals surface area contributed by atoms with Crippen LogP contribution < -0.4 is 5.32 Å². The van der Waals surface area contributed by atoms with E-state index in [9.17, 15) is 9.59 Å². The van der Waals surface area contributed by atoms with Crippen molar-refractivity contribution in [3.05, 3.63) is 0 Å². The van der Waals surface area contributed by atoms with Gasteiger partial charge in [-0.1, -0.05) is 6.42 Å². The van der Waals surface area contributed by atoms with E-state index in [0.29, 0.717) is 18.5 Å². The van der Waals surface area contributed by atoms with E-state index in [-0.39, 0.29) is 18.5 Å². The summed E-state index contributed by atoms with van der Waals surface area (Å²) in [6.45, 7) is 0.662. The Hall–Kier alpha value is -0.910. The molecule has 0 aromatic rings. The molecule has 3 rings (SSSR count). The monoisotopic (exact) mass is 298 g/mol. The van der Waals surface area contributed by atoms with Crippen LogP contribution in [0.15, 0.2) is 0 Å². The van der Waals surface area contributed by atoms with Crippen molar-refractivity contribution < 1.29 is 14.7 Å². The van der Waals surface area contributed by atoms with E-state index in [1.54, 1.807) is 16.7 Å². The molecular formula is C14H22N2O3S. The van der Waals surface area contributed by atoms with Crippen molar-refractivity contribution in [3.63, 3.8) is 0 Å². The zero-order valence-electron chi connectivity index (χ0n) is 11.6. The fraction of sp³-hybridized carbons (Fsp3) is 0.857. The first-order valence-corrected chi connectivity index (χ1v) is 8.65. The van der Waals surface area contributed by atoms with Crippen LogP contribution in [0.2, 0.25) is 0 Å². The third kappa shape index (κ3) is 2.90. The Bertz CT molecular complexity index is 404. The van der Waals surface area contributed by atoms with Crippen LogP contribution in [-0.2, 0) is 4.79 Å². The van der Waals surface area contributed by atoms with Gasteiger partial charge in [0.2, 0.25) is 0 Å². The maximum absolute atomic E-state index is 12.4. The van der Waals surface area contributed by atoms with Gasteiger partial charge in [-0.3, -0.25) is 4.79 Å². The second-order valence-electron chi connectivity index (χ2n) is 6.25. The standard InChI is InChI=1S/C14H22N2O3S/c17-13(18)7-11-8-20-4-3-16(11)14(19)15-12-6-9-1-2-10(12)5-9/h9-12H,1-8H2,(H,15,19)(H,17,18). The van der Waals surface area contributed by atoms with E-state index in [2.05, 4.69) is 5.32 Å². The lowest BCUT2D eigenvalue weighted by molar-refractivity contribution is -0.138. The number of nitrogens with zero attached hydrogens (tertiary/aromatic N) is 1. The third-order valence-corrected chi connectivity index (χ3v) is 6.04. The molecule has 2 saturated carbocycles. The predicted molar refractivity (Wildman–Crippen MR) is 77.8 cm³/mol.